The molecule has 20 heavy (non-hydrogen) atoms. The van der Waals surface area contributed by atoms with Crippen molar-refractivity contribution >= 4 is 11.3 Å². The van der Waals surface area contributed by atoms with Crippen LogP contribution in [0.1, 0.15) is 23.8 Å². The standard InChI is InChI=1S/C15H14F3NS/c1-19-15(8-2-3-8)13-5-4-12(20-13)9-6-10(16)14(18)11(17)7-9/h4-8,15,19H,2-3H2,1H3. The summed E-state index contributed by atoms with van der Waals surface area (Å²) in [6.07, 6.45) is 2.41. The lowest BCUT2D eigenvalue weighted by atomic mass is 10.1. The average Bonchev–Trinajstić information content (AvgIpc) is 3.13. The second-order valence-corrected chi connectivity index (χ2v) is 6.18. The first-order valence-corrected chi connectivity index (χ1v) is 7.33. The van der Waals surface area contributed by atoms with E-state index in [2.05, 4.69) is 5.32 Å². The predicted octanol–water partition coefficient (Wildman–Crippen LogP) is 4.50. The van der Waals surface area contributed by atoms with Gasteiger partial charge in [-0.3, -0.25) is 0 Å². The van der Waals surface area contributed by atoms with Gasteiger partial charge in [0.05, 0.1) is 0 Å². The lowest BCUT2D eigenvalue weighted by molar-refractivity contribution is 0.448. The van der Waals surface area contributed by atoms with Crippen LogP contribution < -0.4 is 5.32 Å². The molecule has 1 unspecified atom stereocenters. The van der Waals surface area contributed by atoms with E-state index in [1.54, 1.807) is 0 Å². The molecular weight excluding hydrogens is 283 g/mol. The summed E-state index contributed by atoms with van der Waals surface area (Å²) in [5.74, 6) is -3.07. The van der Waals surface area contributed by atoms with E-state index in [4.69, 9.17) is 0 Å². The molecule has 5 heteroatoms. The SMILES string of the molecule is CNC(c1ccc(-c2cc(F)c(F)c(F)c2)s1)C1CC1. The summed E-state index contributed by atoms with van der Waals surface area (Å²) in [5, 5.41) is 3.28. The number of halogens is 3. The summed E-state index contributed by atoms with van der Waals surface area (Å²) in [6.45, 7) is 0. The highest BCUT2D eigenvalue weighted by molar-refractivity contribution is 7.15. The van der Waals surface area contributed by atoms with Gasteiger partial charge >= 0.3 is 0 Å². The van der Waals surface area contributed by atoms with Gasteiger partial charge < -0.3 is 5.32 Å². The fraction of sp³-hybridized carbons (Fsp3) is 0.333. The molecule has 106 valence electrons. The molecule has 1 saturated carbocycles. The first-order valence-electron chi connectivity index (χ1n) is 6.52. The van der Waals surface area contributed by atoms with Crippen LogP contribution in [0.15, 0.2) is 24.3 Å². The first kappa shape index (κ1) is 13.6. The third-order valence-corrected chi connectivity index (χ3v) is 4.82. The lowest BCUT2D eigenvalue weighted by Gasteiger charge is -2.12. The Kier molecular flexibility index (Phi) is 3.56. The van der Waals surface area contributed by atoms with Crippen molar-refractivity contribution in [2.24, 2.45) is 5.92 Å². The quantitative estimate of drug-likeness (QED) is 0.819. The van der Waals surface area contributed by atoms with Crippen LogP contribution in [0.4, 0.5) is 13.2 Å². The maximum atomic E-state index is 13.3. The number of hydrogen-bond donors (Lipinski definition) is 1. The molecule has 0 saturated heterocycles. The number of hydrogen-bond acceptors (Lipinski definition) is 2. The van der Waals surface area contributed by atoms with Gasteiger partial charge in [0.15, 0.2) is 17.5 Å². The minimum atomic E-state index is -1.42. The van der Waals surface area contributed by atoms with Gasteiger partial charge in [0.1, 0.15) is 0 Å². The Morgan fingerprint density at radius 2 is 1.80 bits per heavy atom. The average molecular weight is 297 g/mol. The van der Waals surface area contributed by atoms with Crippen LogP contribution in [-0.4, -0.2) is 7.05 Å². The molecule has 3 rings (SSSR count). The molecular formula is C15H14F3NS. The molecule has 0 aliphatic heterocycles. The molecule has 1 aromatic carbocycles. The van der Waals surface area contributed by atoms with Crippen molar-refractivity contribution < 1.29 is 13.2 Å². The zero-order chi connectivity index (χ0) is 14.3. The van der Waals surface area contributed by atoms with E-state index >= 15 is 0 Å². The highest BCUT2D eigenvalue weighted by Gasteiger charge is 2.32. The topological polar surface area (TPSA) is 12.0 Å². The zero-order valence-corrected chi connectivity index (χ0v) is 11.7. The molecule has 0 spiro atoms. The zero-order valence-electron chi connectivity index (χ0n) is 10.9. The van der Waals surface area contributed by atoms with Gasteiger partial charge in [-0.1, -0.05) is 0 Å². The molecule has 0 radical (unpaired) electrons. The number of thiophene rings is 1. The van der Waals surface area contributed by atoms with Crippen LogP contribution in [0.3, 0.4) is 0 Å². The van der Waals surface area contributed by atoms with Crippen molar-refractivity contribution in [2.75, 3.05) is 7.05 Å². The lowest BCUT2D eigenvalue weighted by Crippen LogP contribution is -2.16. The molecule has 1 heterocycles. The molecule has 1 aromatic heterocycles. The summed E-state index contributed by atoms with van der Waals surface area (Å²) >= 11 is 1.49. The van der Waals surface area contributed by atoms with E-state index in [1.165, 1.54) is 24.2 Å². The molecule has 0 bridgehead atoms. The van der Waals surface area contributed by atoms with Gasteiger partial charge in [-0.15, -0.1) is 11.3 Å². The summed E-state index contributed by atoms with van der Waals surface area (Å²) < 4.78 is 39.5. The Bertz CT molecular complexity index is 611. The first-order chi connectivity index (χ1) is 9.60. The van der Waals surface area contributed by atoms with E-state index in [9.17, 15) is 13.2 Å². The van der Waals surface area contributed by atoms with Gasteiger partial charge in [0.2, 0.25) is 0 Å². The van der Waals surface area contributed by atoms with Crippen LogP contribution in [-0.2, 0) is 0 Å². The normalized spacial score (nSPS) is 16.4. The maximum absolute atomic E-state index is 13.3. The van der Waals surface area contributed by atoms with Crippen LogP contribution in [0.5, 0.6) is 0 Å². The van der Waals surface area contributed by atoms with Gasteiger partial charge in [0.25, 0.3) is 0 Å². The summed E-state index contributed by atoms with van der Waals surface area (Å²) in [4.78, 5) is 1.90. The van der Waals surface area contributed by atoms with Gasteiger partial charge in [0, 0.05) is 15.8 Å². The summed E-state index contributed by atoms with van der Waals surface area (Å²) in [6, 6.07) is 6.18. The molecule has 1 aliphatic rings. The van der Waals surface area contributed by atoms with Crippen LogP contribution >= 0.6 is 11.3 Å². The van der Waals surface area contributed by atoms with Gasteiger partial charge in [-0.2, -0.15) is 0 Å². The number of nitrogens with one attached hydrogen (secondary N) is 1. The Labute approximate surface area is 119 Å². The monoisotopic (exact) mass is 297 g/mol. The largest absolute Gasteiger partial charge is 0.312 e. The van der Waals surface area contributed by atoms with Crippen molar-refractivity contribution in [1.82, 2.24) is 5.32 Å². The second-order valence-electron chi connectivity index (χ2n) is 5.06. The van der Waals surface area contributed by atoms with Crippen molar-refractivity contribution in [3.05, 3.63) is 46.6 Å². The highest BCUT2D eigenvalue weighted by Crippen LogP contribution is 2.44. The molecule has 1 aliphatic carbocycles. The minimum absolute atomic E-state index is 0.295. The smallest absolute Gasteiger partial charge is 0.194 e. The molecule has 1 atom stereocenters. The molecule has 0 amide bonds. The van der Waals surface area contributed by atoms with E-state index in [-0.39, 0.29) is 0 Å². The van der Waals surface area contributed by atoms with Crippen molar-refractivity contribution in [2.45, 2.75) is 18.9 Å². The van der Waals surface area contributed by atoms with E-state index in [1.807, 2.05) is 19.2 Å². The number of rotatable bonds is 4. The maximum Gasteiger partial charge on any atom is 0.194 e. The Morgan fingerprint density at radius 3 is 2.35 bits per heavy atom. The molecule has 2 aromatic rings. The van der Waals surface area contributed by atoms with E-state index in [0.717, 1.165) is 21.9 Å². The summed E-state index contributed by atoms with van der Waals surface area (Å²) in [5.41, 5.74) is 0.378. The predicted molar refractivity (Wildman–Crippen MR) is 74.2 cm³/mol. The highest BCUT2D eigenvalue weighted by atomic mass is 32.1. The molecule has 1 nitrogen and oxygen atoms in total. The fourth-order valence-corrected chi connectivity index (χ4v) is 3.61. The molecule has 1 N–H and O–H groups in total. The molecule has 1 fully saturated rings. The van der Waals surface area contributed by atoms with Crippen molar-refractivity contribution in [3.8, 4) is 10.4 Å². The van der Waals surface area contributed by atoms with E-state index in [0.29, 0.717) is 17.5 Å². The Hall–Kier alpha value is -1.33. The van der Waals surface area contributed by atoms with Crippen LogP contribution in [0.25, 0.3) is 10.4 Å². The van der Waals surface area contributed by atoms with Gasteiger partial charge in [-0.05, 0) is 55.6 Å². The number of benzene rings is 1. The van der Waals surface area contributed by atoms with E-state index < -0.39 is 17.5 Å². The van der Waals surface area contributed by atoms with Crippen LogP contribution in [0.2, 0.25) is 0 Å². The van der Waals surface area contributed by atoms with Crippen molar-refractivity contribution in [1.29, 1.82) is 0 Å². The second kappa shape index (κ2) is 5.22. The Morgan fingerprint density at radius 1 is 1.15 bits per heavy atom. The van der Waals surface area contributed by atoms with Crippen molar-refractivity contribution in [3.63, 3.8) is 0 Å². The minimum Gasteiger partial charge on any atom is -0.312 e. The third kappa shape index (κ3) is 2.47. The fourth-order valence-electron chi connectivity index (χ4n) is 2.41. The Balaban J connectivity index is 1.93. The summed E-state index contributed by atoms with van der Waals surface area (Å²) in [7, 11) is 1.92. The van der Waals surface area contributed by atoms with Crippen LogP contribution in [0, 0.1) is 23.4 Å². The third-order valence-electron chi connectivity index (χ3n) is 3.61. The van der Waals surface area contributed by atoms with Gasteiger partial charge in [-0.25, -0.2) is 13.2 Å².